The normalized spacial score (nSPS) is 18.5. The Kier molecular flexibility index (Phi) is 9.77. The minimum absolute atomic E-state index is 0.232. The maximum Gasteiger partial charge on any atom is 0.198 e. The molecule has 0 unspecified atom stereocenters. The van der Waals surface area contributed by atoms with E-state index in [4.69, 9.17) is 16.6 Å². The van der Waals surface area contributed by atoms with Crippen molar-refractivity contribution in [2.75, 3.05) is 0 Å². The highest BCUT2D eigenvalue weighted by Gasteiger charge is 2.23. The molecule has 3 heteroatoms. The molecule has 0 amide bonds. The van der Waals surface area contributed by atoms with Gasteiger partial charge in [0.1, 0.15) is 0 Å². The van der Waals surface area contributed by atoms with Gasteiger partial charge in [-0.05, 0) is 85.2 Å². The summed E-state index contributed by atoms with van der Waals surface area (Å²) in [6.45, 7) is 4.47. The first-order chi connectivity index (χ1) is 17.1. The van der Waals surface area contributed by atoms with Crippen LogP contribution >= 0.6 is 12.2 Å². The first-order valence-electron chi connectivity index (χ1n) is 14.3. The predicted molar refractivity (Wildman–Crippen MR) is 150 cm³/mol. The Morgan fingerprint density at radius 2 is 1.49 bits per heavy atom. The highest BCUT2D eigenvalue weighted by molar-refractivity contribution is 7.71. The zero-order valence-corrected chi connectivity index (χ0v) is 22.7. The van der Waals surface area contributed by atoms with E-state index < -0.39 is 0 Å². The average Bonchev–Trinajstić information content (AvgIpc) is 2.88. The van der Waals surface area contributed by atoms with Crippen molar-refractivity contribution in [1.29, 1.82) is 0 Å². The second kappa shape index (κ2) is 13.0. The summed E-state index contributed by atoms with van der Waals surface area (Å²) in [5, 5.41) is 2.80. The molecule has 0 bridgehead atoms. The number of benzene rings is 2. The Hall–Kier alpha value is -1.74. The summed E-state index contributed by atoms with van der Waals surface area (Å²) in [5.41, 5.74) is 2.43. The van der Waals surface area contributed by atoms with E-state index in [-0.39, 0.29) is 5.82 Å². The summed E-state index contributed by atoms with van der Waals surface area (Å²) in [7, 11) is 0. The van der Waals surface area contributed by atoms with Crippen LogP contribution in [0, 0.1) is 16.4 Å². The first-order valence-corrected chi connectivity index (χ1v) is 14.7. The molecular formula is C32H43FOS. The molecule has 1 saturated carbocycles. The molecule has 1 fully saturated rings. The highest BCUT2D eigenvalue weighted by atomic mass is 32.1. The average molecular weight is 495 g/mol. The molecule has 4 rings (SSSR count). The van der Waals surface area contributed by atoms with Gasteiger partial charge in [-0.25, -0.2) is 4.39 Å². The van der Waals surface area contributed by atoms with E-state index in [0.29, 0.717) is 16.2 Å². The second-order valence-electron chi connectivity index (χ2n) is 10.8. The molecule has 35 heavy (non-hydrogen) atoms. The van der Waals surface area contributed by atoms with Crippen LogP contribution in [0.4, 0.5) is 4.39 Å². The molecule has 1 aromatic heterocycles. The SMILES string of the molecule is CCCCCCCC1CCC(c2ccc3c(c2)c(=S)oc2c(F)c(CCCCCC)ccc23)CC1. The molecule has 3 aromatic rings. The van der Waals surface area contributed by atoms with Crippen molar-refractivity contribution >= 4 is 34.0 Å². The fourth-order valence-electron chi connectivity index (χ4n) is 6.03. The van der Waals surface area contributed by atoms with E-state index in [9.17, 15) is 0 Å². The van der Waals surface area contributed by atoms with Crippen molar-refractivity contribution in [2.24, 2.45) is 5.92 Å². The number of halogens is 1. The lowest BCUT2D eigenvalue weighted by molar-refractivity contribution is 0.302. The minimum atomic E-state index is -0.232. The van der Waals surface area contributed by atoms with E-state index in [1.54, 1.807) is 0 Å². The molecule has 190 valence electrons. The van der Waals surface area contributed by atoms with Crippen LogP contribution in [-0.2, 0) is 6.42 Å². The van der Waals surface area contributed by atoms with E-state index in [2.05, 4.69) is 32.0 Å². The molecule has 1 nitrogen and oxygen atoms in total. The lowest BCUT2D eigenvalue weighted by Gasteiger charge is -2.29. The highest BCUT2D eigenvalue weighted by Crippen LogP contribution is 2.40. The van der Waals surface area contributed by atoms with Gasteiger partial charge in [0, 0.05) is 10.8 Å². The molecule has 0 aliphatic heterocycles. The van der Waals surface area contributed by atoms with Gasteiger partial charge in [-0.15, -0.1) is 0 Å². The molecule has 0 saturated heterocycles. The van der Waals surface area contributed by atoms with Crippen LogP contribution in [0.15, 0.2) is 34.7 Å². The topological polar surface area (TPSA) is 13.1 Å². The molecule has 1 aliphatic rings. The van der Waals surface area contributed by atoms with Crippen LogP contribution in [-0.4, -0.2) is 0 Å². The Labute approximate surface area is 216 Å². The third-order valence-corrected chi connectivity index (χ3v) is 8.56. The number of rotatable bonds is 12. The van der Waals surface area contributed by atoms with E-state index in [1.165, 1.54) is 82.6 Å². The Morgan fingerprint density at radius 3 is 2.23 bits per heavy atom. The molecule has 0 atom stereocenters. The predicted octanol–water partition coefficient (Wildman–Crippen LogP) is 11.2. The van der Waals surface area contributed by atoms with Crippen LogP contribution in [0.2, 0.25) is 0 Å². The summed E-state index contributed by atoms with van der Waals surface area (Å²) in [4.78, 5) is 0. The van der Waals surface area contributed by atoms with Gasteiger partial charge in [0.15, 0.2) is 16.1 Å². The molecule has 2 aromatic carbocycles. The van der Waals surface area contributed by atoms with Gasteiger partial charge in [0.2, 0.25) is 0 Å². The molecule has 0 radical (unpaired) electrons. The van der Waals surface area contributed by atoms with Gasteiger partial charge in [-0.3, -0.25) is 0 Å². The molecule has 1 heterocycles. The lowest BCUT2D eigenvalue weighted by Crippen LogP contribution is -2.13. The van der Waals surface area contributed by atoms with Crippen LogP contribution in [0.25, 0.3) is 21.7 Å². The summed E-state index contributed by atoms with van der Waals surface area (Å²) in [6, 6.07) is 10.6. The zero-order valence-electron chi connectivity index (χ0n) is 21.8. The standard InChI is InChI=1S/C32H43FOS/c1-3-5-7-9-10-12-23-14-16-24(17-15-23)26-19-20-27-28-21-18-25(13-11-8-6-4-2)30(33)31(28)34-32(35)29(27)22-26/h18-24H,3-17H2,1-2H3. The van der Waals surface area contributed by atoms with Crippen molar-refractivity contribution in [3.8, 4) is 0 Å². The summed E-state index contributed by atoms with van der Waals surface area (Å²) >= 11 is 5.63. The first kappa shape index (κ1) is 26.3. The number of aryl methyl sites for hydroxylation is 1. The largest absolute Gasteiger partial charge is 0.441 e. The quantitative estimate of drug-likeness (QED) is 0.141. The fourth-order valence-corrected chi connectivity index (χ4v) is 6.28. The molecule has 0 spiro atoms. The van der Waals surface area contributed by atoms with Crippen LogP contribution in [0.5, 0.6) is 0 Å². The van der Waals surface area contributed by atoms with Crippen molar-refractivity contribution < 1.29 is 8.81 Å². The van der Waals surface area contributed by atoms with Gasteiger partial charge in [0.05, 0.1) is 0 Å². The number of hydrogen-bond donors (Lipinski definition) is 0. The molecule has 1 aliphatic carbocycles. The summed E-state index contributed by atoms with van der Waals surface area (Å²) in [6.07, 6.45) is 18.8. The van der Waals surface area contributed by atoms with Gasteiger partial charge in [-0.1, -0.05) is 95.9 Å². The van der Waals surface area contributed by atoms with Gasteiger partial charge in [0.25, 0.3) is 0 Å². The Bertz CT molecular complexity index is 1160. The zero-order chi connectivity index (χ0) is 24.6. The van der Waals surface area contributed by atoms with E-state index in [1.807, 2.05) is 12.1 Å². The maximum absolute atomic E-state index is 15.3. The summed E-state index contributed by atoms with van der Waals surface area (Å²) in [5.74, 6) is 1.27. The maximum atomic E-state index is 15.3. The van der Waals surface area contributed by atoms with Crippen molar-refractivity contribution in [2.45, 2.75) is 116 Å². The van der Waals surface area contributed by atoms with Crippen molar-refractivity contribution in [3.05, 3.63) is 52.0 Å². The van der Waals surface area contributed by atoms with Gasteiger partial charge >= 0.3 is 0 Å². The number of hydrogen-bond acceptors (Lipinski definition) is 2. The molecule has 0 N–H and O–H groups in total. The monoisotopic (exact) mass is 494 g/mol. The van der Waals surface area contributed by atoms with Crippen LogP contribution in [0.1, 0.15) is 121 Å². The number of unbranched alkanes of at least 4 members (excludes halogenated alkanes) is 7. The third-order valence-electron chi connectivity index (χ3n) is 8.26. The van der Waals surface area contributed by atoms with Crippen molar-refractivity contribution in [1.82, 2.24) is 0 Å². The smallest absolute Gasteiger partial charge is 0.198 e. The van der Waals surface area contributed by atoms with E-state index >= 15 is 4.39 Å². The summed E-state index contributed by atoms with van der Waals surface area (Å²) < 4.78 is 21.7. The lowest BCUT2D eigenvalue weighted by atomic mass is 9.77. The van der Waals surface area contributed by atoms with Gasteiger partial charge < -0.3 is 4.42 Å². The van der Waals surface area contributed by atoms with Crippen LogP contribution < -0.4 is 0 Å². The third kappa shape index (κ3) is 6.53. The fraction of sp³-hybridized carbons (Fsp3) is 0.594. The number of fused-ring (bicyclic) bond motifs is 3. The molecular weight excluding hydrogens is 451 g/mol. The van der Waals surface area contributed by atoms with Gasteiger partial charge in [-0.2, -0.15) is 0 Å². The minimum Gasteiger partial charge on any atom is -0.441 e. The Morgan fingerprint density at radius 1 is 0.800 bits per heavy atom. The van der Waals surface area contributed by atoms with Crippen molar-refractivity contribution in [3.63, 3.8) is 0 Å². The van der Waals surface area contributed by atoms with E-state index in [0.717, 1.165) is 46.9 Å². The van der Waals surface area contributed by atoms with Crippen LogP contribution in [0.3, 0.4) is 0 Å². The Balaban J connectivity index is 1.46. The second-order valence-corrected chi connectivity index (χ2v) is 11.2.